The Balaban J connectivity index is 1.98. The summed E-state index contributed by atoms with van der Waals surface area (Å²) in [7, 11) is -0.561. The van der Waals surface area contributed by atoms with Crippen LogP contribution in [0.5, 0.6) is 0 Å². The number of rotatable bonds is 7. The van der Waals surface area contributed by atoms with Crippen molar-refractivity contribution in [2.45, 2.75) is 24.3 Å². The molecule has 0 heterocycles. The highest BCUT2D eigenvalue weighted by atomic mass is 79.9. The highest BCUT2D eigenvalue weighted by molar-refractivity contribution is 9.10. The van der Waals surface area contributed by atoms with Crippen LogP contribution in [-0.4, -0.2) is 32.7 Å². The van der Waals surface area contributed by atoms with Crippen LogP contribution >= 0.6 is 15.9 Å². The van der Waals surface area contributed by atoms with Gasteiger partial charge >= 0.3 is 0 Å². The highest BCUT2D eigenvalue weighted by Gasteiger charge is 2.20. The SMILES string of the molecule is CN(C)S(=O)(=O)c1ccccc1CNC(=O)CCc1cccc(Br)c1. The Bertz CT molecular complexity index is 851. The Morgan fingerprint density at radius 2 is 1.84 bits per heavy atom. The molecule has 134 valence electrons. The molecule has 2 aromatic carbocycles. The lowest BCUT2D eigenvalue weighted by atomic mass is 10.1. The first-order valence-electron chi connectivity index (χ1n) is 7.82. The number of benzene rings is 2. The smallest absolute Gasteiger partial charge is 0.242 e. The minimum atomic E-state index is -3.54. The summed E-state index contributed by atoms with van der Waals surface area (Å²) in [4.78, 5) is 12.3. The van der Waals surface area contributed by atoms with Gasteiger partial charge in [-0.1, -0.05) is 46.3 Å². The van der Waals surface area contributed by atoms with E-state index in [2.05, 4.69) is 21.2 Å². The maximum Gasteiger partial charge on any atom is 0.242 e. The van der Waals surface area contributed by atoms with Crippen molar-refractivity contribution in [1.82, 2.24) is 9.62 Å². The summed E-state index contributed by atoms with van der Waals surface area (Å²) in [6.07, 6.45) is 0.974. The predicted molar refractivity (Wildman–Crippen MR) is 102 cm³/mol. The van der Waals surface area contributed by atoms with Crippen LogP contribution in [0.2, 0.25) is 0 Å². The van der Waals surface area contributed by atoms with Crippen molar-refractivity contribution < 1.29 is 13.2 Å². The second kappa shape index (κ2) is 8.60. The molecule has 0 unspecified atom stereocenters. The van der Waals surface area contributed by atoms with Crippen molar-refractivity contribution in [2.24, 2.45) is 0 Å². The minimum absolute atomic E-state index is 0.114. The van der Waals surface area contributed by atoms with Crippen LogP contribution in [0.25, 0.3) is 0 Å². The highest BCUT2D eigenvalue weighted by Crippen LogP contribution is 2.18. The molecule has 25 heavy (non-hydrogen) atoms. The Morgan fingerprint density at radius 1 is 1.12 bits per heavy atom. The van der Waals surface area contributed by atoms with Gasteiger partial charge in [-0.2, -0.15) is 0 Å². The van der Waals surface area contributed by atoms with Crippen LogP contribution in [0.15, 0.2) is 57.9 Å². The number of halogens is 1. The lowest BCUT2D eigenvalue weighted by molar-refractivity contribution is -0.121. The quantitative estimate of drug-likeness (QED) is 0.742. The van der Waals surface area contributed by atoms with Crippen molar-refractivity contribution in [1.29, 1.82) is 0 Å². The number of carbonyl (C=O) groups excluding carboxylic acids is 1. The van der Waals surface area contributed by atoms with Crippen LogP contribution in [0.1, 0.15) is 17.5 Å². The van der Waals surface area contributed by atoms with E-state index in [0.717, 1.165) is 10.0 Å². The minimum Gasteiger partial charge on any atom is -0.352 e. The average molecular weight is 425 g/mol. The number of hydrogen-bond acceptors (Lipinski definition) is 3. The number of nitrogens with one attached hydrogen (secondary N) is 1. The number of aryl methyl sites for hydroxylation is 1. The van der Waals surface area contributed by atoms with Gasteiger partial charge in [-0.15, -0.1) is 0 Å². The fraction of sp³-hybridized carbons (Fsp3) is 0.278. The molecule has 0 saturated carbocycles. The third-order valence-corrected chi connectivity index (χ3v) is 6.15. The van der Waals surface area contributed by atoms with Crippen LogP contribution in [0.3, 0.4) is 0 Å². The molecule has 2 rings (SSSR count). The van der Waals surface area contributed by atoms with Crippen molar-refractivity contribution in [3.8, 4) is 0 Å². The zero-order valence-electron chi connectivity index (χ0n) is 14.2. The van der Waals surface area contributed by atoms with Gasteiger partial charge < -0.3 is 5.32 Å². The van der Waals surface area contributed by atoms with E-state index >= 15 is 0 Å². The predicted octanol–water partition coefficient (Wildman–Crippen LogP) is 2.95. The van der Waals surface area contributed by atoms with Gasteiger partial charge in [-0.05, 0) is 35.7 Å². The fourth-order valence-electron chi connectivity index (χ4n) is 2.33. The summed E-state index contributed by atoms with van der Waals surface area (Å²) in [5.41, 5.74) is 1.65. The molecule has 0 bridgehead atoms. The molecule has 0 saturated heterocycles. The van der Waals surface area contributed by atoms with E-state index in [9.17, 15) is 13.2 Å². The van der Waals surface area contributed by atoms with Gasteiger partial charge in [-0.3, -0.25) is 4.79 Å². The molecular weight excluding hydrogens is 404 g/mol. The lowest BCUT2D eigenvalue weighted by Crippen LogP contribution is -2.27. The molecule has 0 fully saturated rings. The van der Waals surface area contributed by atoms with E-state index < -0.39 is 10.0 Å². The van der Waals surface area contributed by atoms with Crippen LogP contribution in [-0.2, 0) is 27.8 Å². The van der Waals surface area contributed by atoms with Gasteiger partial charge in [0.25, 0.3) is 0 Å². The summed E-state index contributed by atoms with van der Waals surface area (Å²) in [6.45, 7) is 0.181. The van der Waals surface area contributed by atoms with E-state index in [4.69, 9.17) is 0 Å². The van der Waals surface area contributed by atoms with Crippen LogP contribution in [0.4, 0.5) is 0 Å². The molecule has 0 spiro atoms. The first-order valence-corrected chi connectivity index (χ1v) is 10.1. The molecule has 1 amide bonds. The number of carbonyl (C=O) groups is 1. The third-order valence-electron chi connectivity index (χ3n) is 3.74. The van der Waals surface area contributed by atoms with Crippen molar-refractivity contribution in [3.05, 3.63) is 64.1 Å². The number of sulfonamides is 1. The molecule has 0 aliphatic rings. The van der Waals surface area contributed by atoms with Crippen molar-refractivity contribution in [3.63, 3.8) is 0 Å². The van der Waals surface area contributed by atoms with Gasteiger partial charge in [0.1, 0.15) is 0 Å². The fourth-order valence-corrected chi connectivity index (χ4v) is 3.89. The number of nitrogens with zero attached hydrogens (tertiary/aromatic N) is 1. The van der Waals surface area contributed by atoms with E-state index in [1.54, 1.807) is 24.3 Å². The molecule has 7 heteroatoms. The summed E-state index contributed by atoms with van der Waals surface area (Å²) >= 11 is 3.41. The Morgan fingerprint density at radius 3 is 2.52 bits per heavy atom. The van der Waals surface area contributed by atoms with Gasteiger partial charge in [0.05, 0.1) is 4.90 Å². The van der Waals surface area contributed by atoms with Crippen molar-refractivity contribution >= 4 is 31.9 Å². The van der Waals surface area contributed by atoms with Crippen LogP contribution < -0.4 is 5.32 Å². The molecule has 0 radical (unpaired) electrons. The van der Waals surface area contributed by atoms with Gasteiger partial charge in [0, 0.05) is 31.5 Å². The summed E-state index contributed by atoms with van der Waals surface area (Å²) in [6, 6.07) is 14.5. The summed E-state index contributed by atoms with van der Waals surface area (Å²) < 4.78 is 26.8. The van der Waals surface area contributed by atoms with E-state index in [1.165, 1.54) is 18.4 Å². The molecule has 0 atom stereocenters. The van der Waals surface area contributed by atoms with Crippen LogP contribution in [0, 0.1) is 0 Å². The maximum atomic E-state index is 12.3. The largest absolute Gasteiger partial charge is 0.352 e. The lowest BCUT2D eigenvalue weighted by Gasteiger charge is -2.15. The molecule has 0 aliphatic carbocycles. The van der Waals surface area contributed by atoms with E-state index in [0.29, 0.717) is 18.4 Å². The molecule has 0 aliphatic heterocycles. The molecule has 5 nitrogen and oxygen atoms in total. The Labute approximate surface area is 157 Å². The monoisotopic (exact) mass is 424 g/mol. The molecule has 0 aromatic heterocycles. The van der Waals surface area contributed by atoms with Gasteiger partial charge in [-0.25, -0.2) is 12.7 Å². The Hall–Kier alpha value is -1.70. The average Bonchev–Trinajstić information content (AvgIpc) is 2.58. The molecule has 2 aromatic rings. The van der Waals surface area contributed by atoms with Gasteiger partial charge in [0.2, 0.25) is 15.9 Å². The first-order chi connectivity index (χ1) is 11.8. The second-order valence-electron chi connectivity index (χ2n) is 5.80. The zero-order chi connectivity index (χ0) is 18.4. The molecule has 1 N–H and O–H groups in total. The van der Waals surface area contributed by atoms with Gasteiger partial charge in [0.15, 0.2) is 0 Å². The Kier molecular flexibility index (Phi) is 6.75. The summed E-state index contributed by atoms with van der Waals surface area (Å²) in [5, 5.41) is 2.80. The molecular formula is C18H21BrN2O3S. The number of hydrogen-bond donors (Lipinski definition) is 1. The topological polar surface area (TPSA) is 66.5 Å². The number of amides is 1. The third kappa shape index (κ3) is 5.39. The normalized spacial score (nSPS) is 11.5. The summed E-state index contributed by atoms with van der Waals surface area (Å²) in [5.74, 6) is -0.114. The standard InChI is InChI=1S/C18H21BrN2O3S/c1-21(2)25(23,24)17-9-4-3-7-15(17)13-20-18(22)11-10-14-6-5-8-16(19)12-14/h3-9,12H,10-11,13H2,1-2H3,(H,20,22). The van der Waals surface area contributed by atoms with E-state index in [1.807, 2.05) is 24.3 Å². The van der Waals surface area contributed by atoms with E-state index in [-0.39, 0.29) is 17.3 Å². The van der Waals surface area contributed by atoms with Crippen molar-refractivity contribution in [2.75, 3.05) is 14.1 Å². The second-order valence-corrected chi connectivity index (χ2v) is 8.84. The first kappa shape index (κ1) is 19.6. The zero-order valence-corrected chi connectivity index (χ0v) is 16.6. The maximum absolute atomic E-state index is 12.3.